The second-order valence-electron chi connectivity index (χ2n) is 3.35. The van der Waals surface area contributed by atoms with Crippen LogP contribution in [-0.2, 0) is 16.2 Å². The summed E-state index contributed by atoms with van der Waals surface area (Å²) in [7, 11) is -4.21. The average molecular weight is 277 g/mol. The fraction of sp³-hybridized carbons (Fsp3) is 0.273. The van der Waals surface area contributed by atoms with Gasteiger partial charge in [-0.15, -0.1) is 12.3 Å². The van der Waals surface area contributed by atoms with E-state index in [2.05, 4.69) is 5.92 Å². The summed E-state index contributed by atoms with van der Waals surface area (Å²) in [6, 6.07) is 3.98. The number of rotatable bonds is 4. The Kier molecular flexibility index (Phi) is 4.38. The van der Waals surface area contributed by atoms with Crippen LogP contribution in [0, 0.1) is 12.3 Å². The Bertz CT molecular complexity index is 558. The molecular formula is C11H10F3NO2S. The Morgan fingerprint density at radius 2 is 1.89 bits per heavy atom. The van der Waals surface area contributed by atoms with Gasteiger partial charge in [-0.3, -0.25) is 0 Å². The van der Waals surface area contributed by atoms with E-state index in [1.807, 2.05) is 4.72 Å². The van der Waals surface area contributed by atoms with Crippen LogP contribution in [0.5, 0.6) is 0 Å². The van der Waals surface area contributed by atoms with Gasteiger partial charge in [0.05, 0.1) is 10.5 Å². The maximum atomic E-state index is 12.6. The fourth-order valence-electron chi connectivity index (χ4n) is 1.27. The third kappa shape index (κ3) is 3.48. The van der Waals surface area contributed by atoms with Gasteiger partial charge in [0.25, 0.3) is 0 Å². The van der Waals surface area contributed by atoms with Gasteiger partial charge in [-0.1, -0.05) is 12.1 Å². The highest BCUT2D eigenvalue weighted by molar-refractivity contribution is 7.89. The van der Waals surface area contributed by atoms with E-state index in [1.165, 1.54) is 6.07 Å². The van der Waals surface area contributed by atoms with Crippen LogP contribution in [0.2, 0.25) is 0 Å². The Labute approximate surface area is 103 Å². The van der Waals surface area contributed by atoms with Crippen molar-refractivity contribution in [1.82, 2.24) is 4.72 Å². The first-order valence-electron chi connectivity index (χ1n) is 4.88. The van der Waals surface area contributed by atoms with Crippen LogP contribution in [0.4, 0.5) is 13.2 Å². The van der Waals surface area contributed by atoms with E-state index in [0.29, 0.717) is 0 Å². The Morgan fingerprint density at radius 3 is 2.44 bits per heavy atom. The van der Waals surface area contributed by atoms with Gasteiger partial charge in [0.1, 0.15) is 0 Å². The van der Waals surface area contributed by atoms with E-state index in [-0.39, 0.29) is 13.0 Å². The molecule has 0 aromatic heterocycles. The van der Waals surface area contributed by atoms with Gasteiger partial charge < -0.3 is 0 Å². The molecule has 0 bridgehead atoms. The minimum Gasteiger partial charge on any atom is -0.210 e. The molecule has 0 aliphatic carbocycles. The second-order valence-corrected chi connectivity index (χ2v) is 5.08. The van der Waals surface area contributed by atoms with Crippen LogP contribution < -0.4 is 4.72 Å². The molecule has 0 heterocycles. The molecule has 0 aliphatic rings. The smallest absolute Gasteiger partial charge is 0.210 e. The summed E-state index contributed by atoms with van der Waals surface area (Å²) in [5, 5.41) is 0. The fourth-order valence-corrected chi connectivity index (χ4v) is 2.53. The highest BCUT2D eigenvalue weighted by Gasteiger charge is 2.36. The predicted octanol–water partition coefficient (Wildman–Crippen LogP) is 2.01. The molecule has 0 unspecified atom stereocenters. The molecule has 7 heteroatoms. The van der Waals surface area contributed by atoms with Crippen LogP contribution in [0.15, 0.2) is 29.2 Å². The van der Waals surface area contributed by atoms with Crippen LogP contribution in [0.3, 0.4) is 0 Å². The largest absolute Gasteiger partial charge is 0.417 e. The zero-order valence-electron chi connectivity index (χ0n) is 9.16. The molecule has 0 fully saturated rings. The van der Waals surface area contributed by atoms with Gasteiger partial charge in [0.15, 0.2) is 0 Å². The van der Waals surface area contributed by atoms with Gasteiger partial charge >= 0.3 is 6.18 Å². The molecule has 0 saturated carbocycles. The van der Waals surface area contributed by atoms with Gasteiger partial charge in [-0.05, 0) is 12.1 Å². The van der Waals surface area contributed by atoms with Gasteiger partial charge in [-0.2, -0.15) is 13.2 Å². The maximum absolute atomic E-state index is 12.6. The molecule has 1 aromatic rings. The van der Waals surface area contributed by atoms with Gasteiger partial charge in [0, 0.05) is 13.0 Å². The number of hydrogen-bond donors (Lipinski definition) is 1. The molecular weight excluding hydrogens is 267 g/mol. The predicted molar refractivity (Wildman–Crippen MR) is 60.1 cm³/mol. The van der Waals surface area contributed by atoms with Crippen LogP contribution in [-0.4, -0.2) is 15.0 Å². The van der Waals surface area contributed by atoms with Crippen molar-refractivity contribution < 1.29 is 21.6 Å². The minimum atomic E-state index is -4.72. The lowest BCUT2D eigenvalue weighted by Crippen LogP contribution is -2.27. The minimum absolute atomic E-state index is 0.105. The topological polar surface area (TPSA) is 46.2 Å². The monoisotopic (exact) mass is 277 g/mol. The van der Waals surface area contributed by atoms with E-state index < -0.39 is 26.7 Å². The number of sulfonamides is 1. The highest BCUT2D eigenvalue weighted by Crippen LogP contribution is 2.33. The average Bonchev–Trinajstić information content (AvgIpc) is 2.28. The number of hydrogen-bond acceptors (Lipinski definition) is 2. The molecule has 98 valence electrons. The van der Waals surface area contributed by atoms with Crippen molar-refractivity contribution in [2.24, 2.45) is 0 Å². The van der Waals surface area contributed by atoms with E-state index in [0.717, 1.165) is 18.2 Å². The summed E-state index contributed by atoms with van der Waals surface area (Å²) in [6.07, 6.45) is 0.311. The van der Waals surface area contributed by atoms with E-state index >= 15 is 0 Å². The van der Waals surface area contributed by atoms with Crippen molar-refractivity contribution in [3.63, 3.8) is 0 Å². The molecule has 0 atom stereocenters. The molecule has 18 heavy (non-hydrogen) atoms. The normalized spacial score (nSPS) is 12.1. The number of alkyl halides is 3. The third-order valence-electron chi connectivity index (χ3n) is 2.04. The quantitative estimate of drug-likeness (QED) is 0.676. The Hall–Kier alpha value is -1.52. The number of halogens is 3. The SMILES string of the molecule is C#CCCNS(=O)(=O)c1ccccc1C(F)(F)F. The zero-order valence-corrected chi connectivity index (χ0v) is 9.98. The van der Waals surface area contributed by atoms with Crippen molar-refractivity contribution in [3.8, 4) is 12.3 Å². The molecule has 0 aliphatic heterocycles. The summed E-state index contributed by atoms with van der Waals surface area (Å²) < 4.78 is 63.3. The maximum Gasteiger partial charge on any atom is 0.417 e. The Morgan fingerprint density at radius 1 is 1.28 bits per heavy atom. The molecule has 1 N–H and O–H groups in total. The van der Waals surface area contributed by atoms with Crippen LogP contribution >= 0.6 is 0 Å². The third-order valence-corrected chi connectivity index (χ3v) is 3.56. The van der Waals surface area contributed by atoms with Crippen LogP contribution in [0.1, 0.15) is 12.0 Å². The van der Waals surface area contributed by atoms with E-state index in [9.17, 15) is 21.6 Å². The summed E-state index contributed by atoms with van der Waals surface area (Å²) in [5.41, 5.74) is -1.20. The van der Waals surface area contributed by atoms with Gasteiger partial charge in [0.2, 0.25) is 10.0 Å². The first-order chi connectivity index (χ1) is 8.29. The second kappa shape index (κ2) is 5.42. The summed E-state index contributed by atoms with van der Waals surface area (Å²) >= 11 is 0. The number of terminal acetylenes is 1. The number of benzene rings is 1. The number of nitrogens with one attached hydrogen (secondary N) is 1. The summed E-state index contributed by atoms with van der Waals surface area (Å²) in [4.78, 5) is -0.797. The summed E-state index contributed by atoms with van der Waals surface area (Å²) in [5.74, 6) is 2.19. The molecule has 0 saturated heterocycles. The molecule has 0 radical (unpaired) electrons. The highest BCUT2D eigenvalue weighted by atomic mass is 32.2. The van der Waals surface area contributed by atoms with Crippen molar-refractivity contribution in [2.45, 2.75) is 17.5 Å². The molecule has 3 nitrogen and oxygen atoms in total. The van der Waals surface area contributed by atoms with E-state index in [4.69, 9.17) is 6.42 Å². The van der Waals surface area contributed by atoms with Crippen molar-refractivity contribution in [1.29, 1.82) is 0 Å². The molecule has 0 amide bonds. The van der Waals surface area contributed by atoms with Crippen molar-refractivity contribution in [2.75, 3.05) is 6.54 Å². The van der Waals surface area contributed by atoms with Gasteiger partial charge in [-0.25, -0.2) is 13.1 Å². The first kappa shape index (κ1) is 14.5. The summed E-state index contributed by atoms with van der Waals surface area (Å²) in [6.45, 7) is -0.106. The zero-order chi connectivity index (χ0) is 13.8. The standard InChI is InChI=1S/C11H10F3NO2S/c1-2-3-8-15-18(16,17)10-7-5-4-6-9(10)11(12,13)14/h1,4-7,15H,3,8H2. The first-order valence-corrected chi connectivity index (χ1v) is 6.36. The lowest BCUT2D eigenvalue weighted by molar-refractivity contribution is -0.139. The molecule has 0 spiro atoms. The van der Waals surface area contributed by atoms with Crippen molar-refractivity contribution in [3.05, 3.63) is 29.8 Å². The van der Waals surface area contributed by atoms with Crippen molar-refractivity contribution >= 4 is 10.0 Å². The lowest BCUT2D eigenvalue weighted by Gasteiger charge is -2.13. The van der Waals surface area contributed by atoms with Crippen LogP contribution in [0.25, 0.3) is 0 Å². The molecule has 1 aromatic carbocycles. The molecule has 1 rings (SSSR count). The Balaban J connectivity index is 3.14. The van der Waals surface area contributed by atoms with E-state index in [1.54, 1.807) is 0 Å². The lowest BCUT2D eigenvalue weighted by atomic mass is 10.2.